The standard InChI is InChI=1S/C21H23N5O5S/c1-32(30,31)15-20-22-18-7-2-3-8-19(18)25(20)14-21(27)24-11-9-23(10-12-24)16-5-4-6-17(13-16)26(28)29/h2-8,13H,9-12,14-15H2,1H3. The van der Waals surface area contributed by atoms with Gasteiger partial charge in [-0.25, -0.2) is 13.4 Å². The Hall–Kier alpha value is -3.47. The summed E-state index contributed by atoms with van der Waals surface area (Å²) in [5.74, 6) is -0.0194. The Kier molecular flexibility index (Phi) is 5.83. The highest BCUT2D eigenvalue weighted by Gasteiger charge is 2.24. The molecule has 1 aromatic heterocycles. The number of nitrogens with zero attached hydrogens (tertiary/aromatic N) is 5. The third-order valence-electron chi connectivity index (χ3n) is 5.46. The SMILES string of the molecule is CS(=O)(=O)Cc1nc2ccccc2n1CC(=O)N1CCN(c2cccc([N+](=O)[O-])c2)CC1. The van der Waals surface area contributed by atoms with Crippen LogP contribution in [-0.2, 0) is 26.9 Å². The minimum absolute atomic E-state index is 0.00216. The topological polar surface area (TPSA) is 119 Å². The van der Waals surface area contributed by atoms with Gasteiger partial charge in [0.25, 0.3) is 5.69 Å². The monoisotopic (exact) mass is 457 g/mol. The first kappa shape index (κ1) is 21.8. The number of aromatic nitrogens is 2. The number of non-ortho nitro benzene ring substituents is 1. The molecular formula is C21H23N5O5S. The summed E-state index contributed by atoms with van der Waals surface area (Å²) in [5.41, 5.74) is 2.15. The summed E-state index contributed by atoms with van der Waals surface area (Å²) in [6.45, 7) is 2.04. The molecule has 3 aromatic rings. The van der Waals surface area contributed by atoms with Gasteiger partial charge < -0.3 is 14.4 Å². The van der Waals surface area contributed by atoms with Gasteiger partial charge in [0, 0.05) is 50.3 Å². The van der Waals surface area contributed by atoms with Crippen molar-refractivity contribution >= 4 is 38.2 Å². The molecule has 0 unspecified atom stereocenters. The van der Waals surface area contributed by atoms with Crippen molar-refractivity contribution in [3.05, 3.63) is 64.5 Å². The maximum Gasteiger partial charge on any atom is 0.271 e. The van der Waals surface area contributed by atoms with E-state index in [-0.39, 0.29) is 23.9 Å². The number of carbonyl (C=O) groups is 1. The van der Waals surface area contributed by atoms with E-state index in [0.29, 0.717) is 37.5 Å². The highest BCUT2D eigenvalue weighted by Crippen LogP contribution is 2.23. The van der Waals surface area contributed by atoms with E-state index in [1.165, 1.54) is 12.1 Å². The van der Waals surface area contributed by atoms with Crippen LogP contribution in [0, 0.1) is 10.1 Å². The number of piperazine rings is 1. The van der Waals surface area contributed by atoms with Gasteiger partial charge in [0.1, 0.15) is 18.1 Å². The summed E-state index contributed by atoms with van der Waals surface area (Å²) in [5, 5.41) is 11.0. The van der Waals surface area contributed by atoms with Gasteiger partial charge in [0.05, 0.1) is 16.0 Å². The molecule has 2 aromatic carbocycles. The number of fused-ring (bicyclic) bond motifs is 1. The van der Waals surface area contributed by atoms with Crippen LogP contribution >= 0.6 is 0 Å². The number of sulfone groups is 1. The van der Waals surface area contributed by atoms with Gasteiger partial charge in [-0.1, -0.05) is 18.2 Å². The van der Waals surface area contributed by atoms with Gasteiger partial charge in [-0.3, -0.25) is 14.9 Å². The number of rotatable bonds is 6. The fourth-order valence-electron chi connectivity index (χ4n) is 3.90. The Morgan fingerprint density at radius 1 is 1.09 bits per heavy atom. The van der Waals surface area contributed by atoms with E-state index >= 15 is 0 Å². The number of benzene rings is 2. The molecule has 11 heteroatoms. The highest BCUT2D eigenvalue weighted by atomic mass is 32.2. The Bertz CT molecular complexity index is 1280. The molecule has 1 aliphatic rings. The summed E-state index contributed by atoms with van der Waals surface area (Å²) in [6, 6.07) is 13.7. The number of carbonyl (C=O) groups excluding carboxylic acids is 1. The van der Waals surface area contributed by atoms with Crippen LogP contribution in [0.2, 0.25) is 0 Å². The van der Waals surface area contributed by atoms with Gasteiger partial charge in [-0.2, -0.15) is 0 Å². The van der Waals surface area contributed by atoms with E-state index in [1.54, 1.807) is 21.6 Å². The number of anilines is 1. The van der Waals surface area contributed by atoms with Crippen molar-refractivity contribution in [1.82, 2.24) is 14.5 Å². The molecule has 168 valence electrons. The van der Waals surface area contributed by atoms with E-state index in [9.17, 15) is 23.3 Å². The van der Waals surface area contributed by atoms with Crippen molar-refractivity contribution in [1.29, 1.82) is 0 Å². The van der Waals surface area contributed by atoms with Crippen LogP contribution in [0.4, 0.5) is 11.4 Å². The Morgan fingerprint density at radius 3 is 2.50 bits per heavy atom. The lowest BCUT2D eigenvalue weighted by atomic mass is 10.2. The quantitative estimate of drug-likeness (QED) is 0.409. The van der Waals surface area contributed by atoms with Gasteiger partial charge in [-0.15, -0.1) is 0 Å². The molecule has 2 heterocycles. The van der Waals surface area contributed by atoms with Crippen LogP contribution < -0.4 is 4.90 Å². The number of imidazole rings is 1. The predicted octanol–water partition coefficient (Wildman–Crippen LogP) is 1.84. The third-order valence-corrected chi connectivity index (χ3v) is 6.24. The van der Waals surface area contributed by atoms with E-state index in [1.807, 2.05) is 29.2 Å². The van der Waals surface area contributed by atoms with Crippen LogP contribution in [0.15, 0.2) is 48.5 Å². The van der Waals surface area contributed by atoms with Crippen LogP contribution in [0.3, 0.4) is 0 Å². The largest absolute Gasteiger partial charge is 0.368 e. The molecule has 10 nitrogen and oxygen atoms in total. The minimum atomic E-state index is -3.32. The molecule has 0 spiro atoms. The van der Waals surface area contributed by atoms with Gasteiger partial charge in [0.15, 0.2) is 9.84 Å². The summed E-state index contributed by atoms with van der Waals surface area (Å²) >= 11 is 0. The van der Waals surface area contributed by atoms with Crippen molar-refractivity contribution < 1.29 is 18.1 Å². The molecule has 1 fully saturated rings. The third kappa shape index (κ3) is 4.72. The van der Waals surface area contributed by atoms with E-state index in [2.05, 4.69) is 4.98 Å². The molecule has 0 N–H and O–H groups in total. The molecule has 0 saturated carbocycles. The summed E-state index contributed by atoms with van der Waals surface area (Å²) < 4.78 is 25.4. The number of para-hydroxylation sites is 2. The van der Waals surface area contributed by atoms with Crippen molar-refractivity contribution in [2.45, 2.75) is 12.3 Å². The maximum absolute atomic E-state index is 13.0. The molecule has 4 rings (SSSR count). The number of nitro groups is 1. The zero-order valence-electron chi connectivity index (χ0n) is 17.5. The van der Waals surface area contributed by atoms with Crippen molar-refractivity contribution in [2.24, 2.45) is 0 Å². The lowest BCUT2D eigenvalue weighted by Crippen LogP contribution is -2.49. The second-order valence-corrected chi connectivity index (χ2v) is 9.96. The van der Waals surface area contributed by atoms with E-state index in [0.717, 1.165) is 17.5 Å². The van der Waals surface area contributed by atoms with Gasteiger partial charge >= 0.3 is 0 Å². The number of hydrogen-bond acceptors (Lipinski definition) is 7. The van der Waals surface area contributed by atoms with Crippen LogP contribution in [0.1, 0.15) is 5.82 Å². The first-order valence-corrected chi connectivity index (χ1v) is 12.2. The fourth-order valence-corrected chi connectivity index (χ4v) is 4.59. The van der Waals surface area contributed by atoms with E-state index < -0.39 is 14.8 Å². The van der Waals surface area contributed by atoms with Crippen LogP contribution in [0.25, 0.3) is 11.0 Å². The molecule has 1 aliphatic heterocycles. The second-order valence-electron chi connectivity index (χ2n) is 7.82. The lowest BCUT2D eigenvalue weighted by Gasteiger charge is -2.36. The van der Waals surface area contributed by atoms with Crippen LogP contribution in [-0.4, -0.2) is 66.1 Å². The molecule has 1 saturated heterocycles. The second kappa shape index (κ2) is 8.58. The summed E-state index contributed by atoms with van der Waals surface area (Å²) in [6.07, 6.45) is 1.14. The zero-order chi connectivity index (χ0) is 22.9. The molecule has 1 amide bonds. The first-order valence-electron chi connectivity index (χ1n) is 10.1. The average Bonchev–Trinajstić information content (AvgIpc) is 3.09. The zero-order valence-corrected chi connectivity index (χ0v) is 18.4. The molecule has 0 atom stereocenters. The normalized spacial score (nSPS) is 14.7. The molecule has 0 aliphatic carbocycles. The summed E-state index contributed by atoms with van der Waals surface area (Å²) in [4.78, 5) is 31.8. The van der Waals surface area contributed by atoms with Crippen molar-refractivity contribution in [3.63, 3.8) is 0 Å². The minimum Gasteiger partial charge on any atom is -0.368 e. The smallest absolute Gasteiger partial charge is 0.271 e. The summed E-state index contributed by atoms with van der Waals surface area (Å²) in [7, 11) is -3.32. The fraction of sp³-hybridized carbons (Fsp3) is 0.333. The van der Waals surface area contributed by atoms with Gasteiger partial charge in [0.2, 0.25) is 5.91 Å². The number of hydrogen-bond donors (Lipinski definition) is 0. The number of amides is 1. The Balaban J connectivity index is 1.48. The lowest BCUT2D eigenvalue weighted by molar-refractivity contribution is -0.384. The molecular weight excluding hydrogens is 434 g/mol. The van der Waals surface area contributed by atoms with Crippen molar-refractivity contribution in [3.8, 4) is 0 Å². The average molecular weight is 458 g/mol. The highest BCUT2D eigenvalue weighted by molar-refractivity contribution is 7.89. The first-order chi connectivity index (χ1) is 15.2. The number of nitro benzene ring substituents is 1. The molecule has 0 bridgehead atoms. The maximum atomic E-state index is 13.0. The van der Waals surface area contributed by atoms with E-state index in [4.69, 9.17) is 0 Å². The van der Waals surface area contributed by atoms with Crippen LogP contribution in [0.5, 0.6) is 0 Å². The van der Waals surface area contributed by atoms with Gasteiger partial charge in [-0.05, 0) is 18.2 Å². The molecule has 32 heavy (non-hydrogen) atoms. The predicted molar refractivity (Wildman–Crippen MR) is 120 cm³/mol. The Morgan fingerprint density at radius 2 is 1.81 bits per heavy atom. The Labute approximate surface area is 185 Å². The molecule has 0 radical (unpaired) electrons. The van der Waals surface area contributed by atoms with Crippen molar-refractivity contribution in [2.75, 3.05) is 37.3 Å².